The lowest BCUT2D eigenvalue weighted by molar-refractivity contribution is -0.111. The molecule has 1 aliphatic rings. The Labute approximate surface area is 132 Å². The minimum Gasteiger partial charge on any atom is -0.321 e. The summed E-state index contributed by atoms with van der Waals surface area (Å²) in [4.78, 5) is 16.5. The lowest BCUT2D eigenvalue weighted by Crippen LogP contribution is -2.29. The van der Waals surface area contributed by atoms with Gasteiger partial charge in [0.1, 0.15) is 11.9 Å². The number of nitriles is 1. The Bertz CT molecular complexity index is 877. The highest BCUT2D eigenvalue weighted by Gasteiger charge is 2.19. The number of anilines is 1. The second-order valence-corrected chi connectivity index (χ2v) is 4.83. The first-order valence-corrected chi connectivity index (χ1v) is 6.90. The molecule has 23 heavy (non-hydrogen) atoms. The Morgan fingerprint density at radius 3 is 2.57 bits per heavy atom. The number of benzene rings is 2. The van der Waals surface area contributed by atoms with Crippen LogP contribution >= 0.6 is 0 Å². The third-order valence-corrected chi connectivity index (χ3v) is 3.40. The van der Waals surface area contributed by atoms with Crippen LogP contribution in [0.2, 0.25) is 0 Å². The molecule has 3 rings (SSSR count). The molecular weight excluding hydrogens is 290 g/mol. The summed E-state index contributed by atoms with van der Waals surface area (Å²) >= 11 is 0. The topological polar surface area (TPSA) is 103 Å². The summed E-state index contributed by atoms with van der Waals surface area (Å²) < 4.78 is 0. The number of carbonyl (C=O) groups is 1. The maximum absolute atomic E-state index is 12.2. The van der Waals surface area contributed by atoms with Gasteiger partial charge in [0.05, 0.1) is 16.9 Å². The van der Waals surface area contributed by atoms with Crippen LogP contribution in [0.15, 0.2) is 59.6 Å². The van der Waals surface area contributed by atoms with E-state index in [2.05, 4.69) is 15.7 Å². The van der Waals surface area contributed by atoms with Gasteiger partial charge >= 0.3 is 0 Å². The van der Waals surface area contributed by atoms with Crippen molar-refractivity contribution in [1.29, 1.82) is 5.26 Å². The van der Waals surface area contributed by atoms with Crippen molar-refractivity contribution >= 4 is 23.1 Å². The van der Waals surface area contributed by atoms with Crippen LogP contribution in [-0.4, -0.2) is 11.7 Å². The minimum absolute atomic E-state index is 0.362. The van der Waals surface area contributed by atoms with Crippen molar-refractivity contribution in [3.63, 3.8) is 0 Å². The molecule has 2 aromatic rings. The molecule has 6 heteroatoms. The van der Waals surface area contributed by atoms with E-state index in [4.69, 9.17) is 11.1 Å². The van der Waals surface area contributed by atoms with Gasteiger partial charge in [0.2, 0.25) is 0 Å². The van der Waals surface area contributed by atoms with Crippen molar-refractivity contribution in [3.05, 3.63) is 71.3 Å². The highest BCUT2D eigenvalue weighted by molar-refractivity contribution is 6.13. The lowest BCUT2D eigenvalue weighted by Gasteiger charge is -2.04. The van der Waals surface area contributed by atoms with Crippen LogP contribution in [0.3, 0.4) is 0 Å². The number of amides is 1. The van der Waals surface area contributed by atoms with Gasteiger partial charge in [-0.15, -0.1) is 0 Å². The maximum Gasteiger partial charge on any atom is 0.250 e. The predicted molar refractivity (Wildman–Crippen MR) is 88.1 cm³/mol. The highest BCUT2D eigenvalue weighted by atomic mass is 16.1. The largest absolute Gasteiger partial charge is 0.321 e. The summed E-state index contributed by atoms with van der Waals surface area (Å²) in [5.74, 6) is 5.61. The number of para-hydroxylation sites is 1. The fourth-order valence-electron chi connectivity index (χ4n) is 2.36. The molecule has 0 saturated heterocycles. The first kappa shape index (κ1) is 14.5. The number of fused-ring (bicyclic) bond motifs is 1. The van der Waals surface area contributed by atoms with E-state index >= 15 is 0 Å². The van der Waals surface area contributed by atoms with Gasteiger partial charge < -0.3 is 10.7 Å². The molecule has 1 aliphatic heterocycles. The van der Waals surface area contributed by atoms with Crippen molar-refractivity contribution in [2.45, 2.75) is 0 Å². The molecule has 0 radical (unpaired) electrons. The second kappa shape index (κ2) is 6.13. The summed E-state index contributed by atoms with van der Waals surface area (Å²) in [6, 6.07) is 16.3. The zero-order chi connectivity index (χ0) is 16.2. The molecule has 0 aromatic heterocycles. The van der Waals surface area contributed by atoms with Crippen LogP contribution in [0, 0.1) is 11.3 Å². The highest BCUT2D eigenvalue weighted by Crippen LogP contribution is 2.27. The fourth-order valence-corrected chi connectivity index (χ4v) is 2.36. The van der Waals surface area contributed by atoms with Gasteiger partial charge in [-0.1, -0.05) is 36.4 Å². The molecule has 4 N–H and O–H groups in total. The number of carbonyl (C=O) groups excluding carboxylic acids is 1. The number of nitrogens with zero attached hydrogens (tertiary/aromatic N) is 2. The van der Waals surface area contributed by atoms with Crippen molar-refractivity contribution in [2.24, 2.45) is 10.8 Å². The van der Waals surface area contributed by atoms with Gasteiger partial charge in [-0.05, 0) is 12.1 Å². The molecule has 2 aromatic carbocycles. The van der Waals surface area contributed by atoms with Crippen molar-refractivity contribution in [3.8, 4) is 6.07 Å². The van der Waals surface area contributed by atoms with E-state index in [0.29, 0.717) is 22.8 Å². The number of hydrogen-bond acceptors (Lipinski definition) is 5. The molecule has 1 amide bonds. The van der Waals surface area contributed by atoms with E-state index in [1.807, 2.05) is 30.3 Å². The van der Waals surface area contributed by atoms with Crippen LogP contribution in [0.4, 0.5) is 5.69 Å². The average Bonchev–Trinajstić information content (AvgIpc) is 2.93. The van der Waals surface area contributed by atoms with Crippen molar-refractivity contribution < 1.29 is 4.79 Å². The molecule has 6 nitrogen and oxygen atoms in total. The number of rotatable bonds is 2. The summed E-state index contributed by atoms with van der Waals surface area (Å²) in [5, 5.41) is 11.7. The quantitative estimate of drug-likeness (QED) is 0.447. The third-order valence-electron chi connectivity index (χ3n) is 3.40. The van der Waals surface area contributed by atoms with E-state index in [-0.39, 0.29) is 5.91 Å². The maximum atomic E-state index is 12.2. The smallest absolute Gasteiger partial charge is 0.250 e. The summed E-state index contributed by atoms with van der Waals surface area (Å²) in [7, 11) is 0. The number of aliphatic imine (C=N–C) groups is 1. The first-order valence-electron chi connectivity index (χ1n) is 6.90. The normalized spacial score (nSPS) is 13.9. The molecule has 0 saturated carbocycles. The van der Waals surface area contributed by atoms with E-state index in [0.717, 1.165) is 11.1 Å². The van der Waals surface area contributed by atoms with E-state index in [9.17, 15) is 4.79 Å². The molecule has 1 heterocycles. The Balaban J connectivity index is 1.89. The monoisotopic (exact) mass is 303 g/mol. The summed E-state index contributed by atoms with van der Waals surface area (Å²) in [5.41, 5.74) is 5.57. The van der Waals surface area contributed by atoms with Crippen molar-refractivity contribution in [1.82, 2.24) is 5.43 Å². The molecule has 0 spiro atoms. The van der Waals surface area contributed by atoms with Crippen LogP contribution in [-0.2, 0) is 4.79 Å². The molecule has 0 aliphatic carbocycles. The molecule has 0 unspecified atom stereocenters. The van der Waals surface area contributed by atoms with Crippen LogP contribution in [0.25, 0.3) is 5.70 Å². The fraction of sp³-hybridized carbons (Fsp3) is 0. The summed E-state index contributed by atoms with van der Waals surface area (Å²) in [6.07, 6.45) is 1.39. The van der Waals surface area contributed by atoms with Gasteiger partial charge in [0.15, 0.2) is 0 Å². The number of amidine groups is 1. The number of hydrazine groups is 1. The Morgan fingerprint density at radius 1 is 1.13 bits per heavy atom. The molecule has 112 valence electrons. The standard InChI is InChI=1S/C17H13N5O/c18-10-11-5-1-4-8-14(11)20-16(23)9-15-12-6-2-3-7-13(12)17(21-15)22-19/h1-9H,19H2,(H,20,23)(H,21,22). The lowest BCUT2D eigenvalue weighted by atomic mass is 10.1. The van der Waals surface area contributed by atoms with Gasteiger partial charge in [-0.25, -0.2) is 10.8 Å². The van der Waals surface area contributed by atoms with Gasteiger partial charge in [-0.3, -0.25) is 4.79 Å². The van der Waals surface area contributed by atoms with Crippen molar-refractivity contribution in [2.75, 3.05) is 5.32 Å². The molecular formula is C17H13N5O. The van der Waals surface area contributed by atoms with E-state index in [1.54, 1.807) is 24.3 Å². The Kier molecular flexibility index (Phi) is 3.87. The van der Waals surface area contributed by atoms with E-state index in [1.165, 1.54) is 6.08 Å². The van der Waals surface area contributed by atoms with Gasteiger partial charge in [-0.2, -0.15) is 5.26 Å². The number of hydrogen-bond donors (Lipinski definition) is 3. The van der Waals surface area contributed by atoms with E-state index < -0.39 is 0 Å². The van der Waals surface area contributed by atoms with Gasteiger partial charge in [0, 0.05) is 17.2 Å². The Morgan fingerprint density at radius 2 is 1.83 bits per heavy atom. The zero-order valence-electron chi connectivity index (χ0n) is 12.1. The van der Waals surface area contributed by atoms with Gasteiger partial charge in [0.25, 0.3) is 5.91 Å². The summed E-state index contributed by atoms with van der Waals surface area (Å²) in [6.45, 7) is 0. The average molecular weight is 303 g/mol. The zero-order valence-corrected chi connectivity index (χ0v) is 12.1. The van der Waals surface area contributed by atoms with Crippen LogP contribution < -0.4 is 16.6 Å². The Hall–Kier alpha value is -3.43. The first-order chi connectivity index (χ1) is 11.2. The number of nitrogens with one attached hydrogen (secondary N) is 2. The number of nitrogens with two attached hydrogens (primary N) is 1. The second-order valence-electron chi connectivity index (χ2n) is 4.83. The predicted octanol–water partition coefficient (Wildman–Crippen LogP) is 1.76. The molecule has 0 atom stereocenters. The minimum atomic E-state index is -0.362. The SMILES string of the molecule is N#Cc1ccccc1NC(=O)C=C1N=C(NN)c2ccccc21. The molecule has 0 fully saturated rings. The van der Waals surface area contributed by atoms with Crippen LogP contribution in [0.1, 0.15) is 16.7 Å². The van der Waals surface area contributed by atoms with Crippen LogP contribution in [0.5, 0.6) is 0 Å². The molecule has 0 bridgehead atoms. The third kappa shape index (κ3) is 2.81.